The third-order valence-corrected chi connectivity index (χ3v) is 3.71. The fourth-order valence-electron chi connectivity index (χ4n) is 2.57. The van der Waals surface area contributed by atoms with Crippen LogP contribution < -0.4 is 0 Å². The molecule has 6 heteroatoms. The Kier molecular flexibility index (Phi) is 3.25. The second-order valence-corrected chi connectivity index (χ2v) is 5.38. The first-order valence-corrected chi connectivity index (χ1v) is 7.40. The minimum atomic E-state index is 0.486. The first-order chi connectivity index (χ1) is 11.7. The van der Waals surface area contributed by atoms with Crippen molar-refractivity contribution in [1.82, 2.24) is 25.1 Å². The average molecular weight is 312 g/mol. The molecule has 0 aromatic carbocycles. The molecule has 0 aliphatic rings. The van der Waals surface area contributed by atoms with Crippen LogP contribution in [0.5, 0.6) is 0 Å². The van der Waals surface area contributed by atoms with Crippen LogP contribution in [-0.4, -0.2) is 25.1 Å². The van der Waals surface area contributed by atoms with Crippen molar-refractivity contribution in [2.24, 2.45) is 0 Å². The lowest BCUT2D eigenvalue weighted by atomic mass is 10.1. The summed E-state index contributed by atoms with van der Waals surface area (Å²) in [4.78, 5) is 13.4. The van der Waals surface area contributed by atoms with Crippen molar-refractivity contribution >= 4 is 11.0 Å². The summed E-state index contributed by atoms with van der Waals surface area (Å²) in [6, 6.07) is 13.4. The van der Waals surface area contributed by atoms with Gasteiger partial charge < -0.3 is 0 Å². The largest absolute Gasteiger partial charge is 0.284 e. The van der Waals surface area contributed by atoms with Crippen LogP contribution in [0.4, 0.5) is 0 Å². The van der Waals surface area contributed by atoms with E-state index in [0.29, 0.717) is 11.1 Å². The van der Waals surface area contributed by atoms with Crippen LogP contribution in [0.25, 0.3) is 33.7 Å². The Morgan fingerprint density at radius 1 is 1.04 bits per heavy atom. The number of aromatic amines is 1. The fourth-order valence-corrected chi connectivity index (χ4v) is 2.57. The van der Waals surface area contributed by atoms with Gasteiger partial charge in [-0.05, 0) is 37.3 Å². The molecule has 0 saturated heterocycles. The molecule has 4 aromatic heterocycles. The van der Waals surface area contributed by atoms with Crippen molar-refractivity contribution < 1.29 is 0 Å². The third-order valence-electron chi connectivity index (χ3n) is 3.71. The lowest BCUT2D eigenvalue weighted by Gasteiger charge is -2.04. The van der Waals surface area contributed by atoms with Gasteiger partial charge in [0.2, 0.25) is 0 Å². The molecule has 1 N–H and O–H groups in total. The molecular formula is C18H12N6. The fraction of sp³-hybridized carbons (Fsp3) is 0.0556. The minimum absolute atomic E-state index is 0.486. The number of nitriles is 1. The first kappa shape index (κ1) is 14.0. The van der Waals surface area contributed by atoms with Crippen molar-refractivity contribution in [2.45, 2.75) is 6.92 Å². The van der Waals surface area contributed by atoms with Gasteiger partial charge >= 0.3 is 0 Å². The van der Waals surface area contributed by atoms with E-state index in [1.54, 1.807) is 18.5 Å². The van der Waals surface area contributed by atoms with Gasteiger partial charge in [-0.1, -0.05) is 6.07 Å². The van der Waals surface area contributed by atoms with Crippen molar-refractivity contribution in [3.8, 4) is 28.7 Å². The van der Waals surface area contributed by atoms with Crippen LogP contribution in [0, 0.1) is 18.3 Å². The Labute approximate surface area is 137 Å². The highest BCUT2D eigenvalue weighted by Crippen LogP contribution is 2.28. The summed E-state index contributed by atoms with van der Waals surface area (Å²) < 4.78 is 0. The molecule has 0 spiro atoms. The summed E-state index contributed by atoms with van der Waals surface area (Å²) in [6.07, 6.45) is 3.35. The molecule has 24 heavy (non-hydrogen) atoms. The van der Waals surface area contributed by atoms with Crippen LogP contribution in [0.15, 0.2) is 48.8 Å². The molecule has 0 radical (unpaired) electrons. The van der Waals surface area contributed by atoms with Gasteiger partial charge in [0.1, 0.15) is 11.8 Å². The minimum Gasteiger partial charge on any atom is -0.284 e. The number of aromatic nitrogens is 5. The maximum atomic E-state index is 9.03. The standard InChI is InChI=1S/C18H12N6/c1-11-3-2-4-16(22-11)18-13(10-21-24-18)14-5-6-15-17(23-14)7-12(8-19)9-20-15/h2-7,9-10H,1H3,(H,21,24). The molecule has 0 atom stereocenters. The summed E-state index contributed by atoms with van der Waals surface area (Å²) in [5, 5.41) is 16.2. The zero-order chi connectivity index (χ0) is 16.5. The van der Waals surface area contributed by atoms with Crippen molar-refractivity contribution in [1.29, 1.82) is 5.26 Å². The van der Waals surface area contributed by atoms with Gasteiger partial charge in [-0.2, -0.15) is 10.4 Å². The Morgan fingerprint density at radius 3 is 2.79 bits per heavy atom. The number of pyridine rings is 3. The van der Waals surface area contributed by atoms with E-state index in [9.17, 15) is 0 Å². The molecule has 4 aromatic rings. The summed E-state index contributed by atoms with van der Waals surface area (Å²) in [6.45, 7) is 1.94. The third kappa shape index (κ3) is 2.38. The number of fused-ring (bicyclic) bond motifs is 1. The highest BCUT2D eigenvalue weighted by atomic mass is 15.1. The van der Waals surface area contributed by atoms with Crippen LogP contribution in [0.3, 0.4) is 0 Å². The number of rotatable bonds is 2. The van der Waals surface area contributed by atoms with E-state index in [2.05, 4.69) is 31.2 Å². The number of nitrogens with zero attached hydrogens (tertiary/aromatic N) is 5. The zero-order valence-electron chi connectivity index (χ0n) is 12.9. The van der Waals surface area contributed by atoms with E-state index in [4.69, 9.17) is 5.26 Å². The molecule has 0 aliphatic heterocycles. The Morgan fingerprint density at radius 2 is 1.96 bits per heavy atom. The second kappa shape index (κ2) is 5.56. The monoisotopic (exact) mass is 312 g/mol. The highest BCUT2D eigenvalue weighted by Gasteiger charge is 2.13. The Bertz CT molecular complexity index is 1090. The topological polar surface area (TPSA) is 91.1 Å². The van der Waals surface area contributed by atoms with E-state index >= 15 is 0 Å². The predicted molar refractivity (Wildman–Crippen MR) is 89.8 cm³/mol. The number of nitrogens with one attached hydrogen (secondary N) is 1. The predicted octanol–water partition coefficient (Wildman–Crippen LogP) is 3.26. The zero-order valence-corrected chi connectivity index (χ0v) is 12.9. The average Bonchev–Trinajstić information content (AvgIpc) is 3.10. The van der Waals surface area contributed by atoms with E-state index in [1.807, 2.05) is 37.3 Å². The van der Waals surface area contributed by atoms with E-state index < -0.39 is 0 Å². The smallest absolute Gasteiger partial charge is 0.120 e. The lowest BCUT2D eigenvalue weighted by Crippen LogP contribution is -1.92. The normalized spacial score (nSPS) is 10.7. The van der Waals surface area contributed by atoms with Crippen LogP contribution in [0.1, 0.15) is 11.3 Å². The molecule has 6 nitrogen and oxygen atoms in total. The first-order valence-electron chi connectivity index (χ1n) is 7.40. The molecule has 0 unspecified atom stereocenters. The molecule has 0 bridgehead atoms. The van der Waals surface area contributed by atoms with Gasteiger partial charge in [0.05, 0.1) is 28.0 Å². The quantitative estimate of drug-likeness (QED) is 0.613. The number of aryl methyl sites for hydroxylation is 1. The Balaban J connectivity index is 1.87. The van der Waals surface area contributed by atoms with Crippen LogP contribution >= 0.6 is 0 Å². The van der Waals surface area contributed by atoms with Gasteiger partial charge in [-0.25, -0.2) is 4.98 Å². The van der Waals surface area contributed by atoms with E-state index in [-0.39, 0.29) is 0 Å². The van der Waals surface area contributed by atoms with E-state index in [0.717, 1.165) is 33.9 Å². The van der Waals surface area contributed by atoms with Crippen molar-refractivity contribution in [3.63, 3.8) is 0 Å². The lowest BCUT2D eigenvalue weighted by molar-refractivity contribution is 1.08. The molecule has 0 aliphatic carbocycles. The maximum Gasteiger partial charge on any atom is 0.120 e. The van der Waals surface area contributed by atoms with Gasteiger partial charge in [0, 0.05) is 23.7 Å². The van der Waals surface area contributed by atoms with Gasteiger partial charge in [0.15, 0.2) is 0 Å². The highest BCUT2D eigenvalue weighted by molar-refractivity contribution is 5.82. The van der Waals surface area contributed by atoms with Crippen LogP contribution in [-0.2, 0) is 0 Å². The number of hydrogen-bond donors (Lipinski definition) is 1. The van der Waals surface area contributed by atoms with Crippen molar-refractivity contribution in [3.05, 3.63) is 60.0 Å². The summed E-state index contributed by atoms with van der Waals surface area (Å²) in [5.74, 6) is 0. The SMILES string of the molecule is Cc1cccc(-c2n[nH]cc2-c2ccc3ncc(C#N)cc3n2)n1. The van der Waals surface area contributed by atoms with Gasteiger partial charge in [-0.15, -0.1) is 0 Å². The number of H-pyrrole nitrogens is 1. The summed E-state index contributed by atoms with van der Waals surface area (Å²) >= 11 is 0. The second-order valence-electron chi connectivity index (χ2n) is 5.38. The molecule has 4 rings (SSSR count). The van der Waals surface area contributed by atoms with Gasteiger partial charge in [-0.3, -0.25) is 15.1 Å². The molecule has 0 fully saturated rings. The Hall–Kier alpha value is -3.59. The van der Waals surface area contributed by atoms with Gasteiger partial charge in [0.25, 0.3) is 0 Å². The summed E-state index contributed by atoms with van der Waals surface area (Å²) in [5.41, 5.74) is 5.99. The van der Waals surface area contributed by atoms with Crippen molar-refractivity contribution in [2.75, 3.05) is 0 Å². The number of hydrogen-bond acceptors (Lipinski definition) is 5. The summed E-state index contributed by atoms with van der Waals surface area (Å²) in [7, 11) is 0. The molecule has 4 heterocycles. The molecular weight excluding hydrogens is 300 g/mol. The van der Waals surface area contributed by atoms with Crippen LogP contribution in [0.2, 0.25) is 0 Å². The molecule has 0 saturated carbocycles. The maximum absolute atomic E-state index is 9.03. The molecule has 0 amide bonds. The molecule has 114 valence electrons. The van der Waals surface area contributed by atoms with E-state index in [1.165, 1.54) is 0 Å².